The number of carbonyl (C=O) groups is 1. The van der Waals surface area contributed by atoms with Crippen molar-refractivity contribution in [2.24, 2.45) is 5.16 Å². The van der Waals surface area contributed by atoms with E-state index in [0.29, 0.717) is 12.8 Å². The van der Waals surface area contributed by atoms with Crippen LogP contribution in [0.3, 0.4) is 0 Å². The Hall–Kier alpha value is -0.686. The Labute approximate surface area is 182 Å². The first-order chi connectivity index (χ1) is 11.2. The molecular formula is C18H32N5O2Y-. The zero-order valence-electron chi connectivity index (χ0n) is 17.6. The van der Waals surface area contributed by atoms with E-state index in [1.54, 1.807) is 30.9 Å². The molecule has 2 rings (SSSR count). The van der Waals surface area contributed by atoms with E-state index < -0.39 is 11.1 Å². The first-order valence-electron chi connectivity index (χ1n) is 8.76. The summed E-state index contributed by atoms with van der Waals surface area (Å²) in [7, 11) is 5.28. The maximum atomic E-state index is 13.5. The van der Waals surface area contributed by atoms with E-state index >= 15 is 0 Å². The van der Waals surface area contributed by atoms with E-state index in [1.165, 1.54) is 0 Å². The molecule has 2 unspecified atom stereocenters. The molecular weight excluding hydrogens is 407 g/mol. The first-order valence-corrected chi connectivity index (χ1v) is 8.76. The fraction of sp³-hybridized carbons (Fsp3) is 0.833. The van der Waals surface area contributed by atoms with Crippen LogP contribution in [-0.2, 0) is 42.3 Å². The van der Waals surface area contributed by atoms with E-state index in [9.17, 15) is 10.2 Å². The summed E-state index contributed by atoms with van der Waals surface area (Å²) in [6.45, 7) is 12.0. The second-order valence-electron chi connectivity index (χ2n) is 8.94. The third kappa shape index (κ3) is 3.66. The minimum atomic E-state index is -0.830. The van der Waals surface area contributed by atoms with Gasteiger partial charge in [-0.3, -0.25) is 4.79 Å². The van der Waals surface area contributed by atoms with Crippen molar-refractivity contribution >= 4 is 17.6 Å². The van der Waals surface area contributed by atoms with Crippen LogP contribution in [0, 0.1) is 0 Å². The van der Waals surface area contributed by atoms with Crippen LogP contribution in [0.25, 0.3) is 5.41 Å². The third-order valence-corrected chi connectivity index (χ3v) is 5.67. The molecule has 26 heavy (non-hydrogen) atoms. The van der Waals surface area contributed by atoms with Crippen molar-refractivity contribution in [1.29, 1.82) is 0 Å². The smallest absolute Gasteiger partial charge is 0.235 e. The molecule has 7 nitrogen and oxygen atoms in total. The number of nitrogens with zero attached hydrogens (tertiary/aromatic N) is 5. The monoisotopic (exact) mass is 439 g/mol. The van der Waals surface area contributed by atoms with Crippen molar-refractivity contribution in [2.75, 3.05) is 21.1 Å². The van der Waals surface area contributed by atoms with Gasteiger partial charge in [0.25, 0.3) is 0 Å². The van der Waals surface area contributed by atoms with Crippen molar-refractivity contribution < 1.29 is 42.3 Å². The van der Waals surface area contributed by atoms with E-state index in [1.807, 2.05) is 32.6 Å². The summed E-state index contributed by atoms with van der Waals surface area (Å²) < 4.78 is 0. The summed E-state index contributed by atoms with van der Waals surface area (Å²) >= 11 is 0. The van der Waals surface area contributed by atoms with Crippen molar-refractivity contribution in [2.45, 2.75) is 77.1 Å². The molecule has 2 atom stereocenters. The molecule has 0 bridgehead atoms. The normalized spacial score (nSPS) is 27.6. The molecule has 0 aromatic carbocycles. The van der Waals surface area contributed by atoms with E-state index in [4.69, 9.17) is 4.84 Å². The van der Waals surface area contributed by atoms with Crippen LogP contribution in [0.1, 0.15) is 54.4 Å². The Balaban J connectivity index is 0.00000338. The maximum Gasteiger partial charge on any atom is 0.235 e. The Kier molecular flexibility index (Phi) is 6.63. The third-order valence-electron chi connectivity index (χ3n) is 5.67. The Bertz CT molecular complexity index is 617. The fourth-order valence-electron chi connectivity index (χ4n) is 4.36. The van der Waals surface area contributed by atoms with Crippen LogP contribution in [-0.4, -0.2) is 76.1 Å². The van der Waals surface area contributed by atoms with E-state index in [-0.39, 0.29) is 56.2 Å². The SMILES string of the molecule is CC1=NOC(C(C)(C)N2C(=O)C(C)(N(C)C(=[N-])N(C)C)CC2(C)C)C1.[Y]. The average Bonchev–Trinajstić information content (AvgIpc) is 2.98. The maximum absolute atomic E-state index is 13.5. The van der Waals surface area contributed by atoms with Crippen molar-refractivity contribution in [1.82, 2.24) is 14.7 Å². The van der Waals surface area contributed by atoms with Gasteiger partial charge in [-0.15, -0.1) is 0 Å². The number of amides is 1. The molecule has 8 heteroatoms. The second-order valence-corrected chi connectivity index (χ2v) is 8.94. The summed E-state index contributed by atoms with van der Waals surface area (Å²) in [5.74, 6) is 0.0640. The number of oxime groups is 1. The van der Waals surface area contributed by atoms with Gasteiger partial charge in [-0.2, -0.15) is 0 Å². The Morgan fingerprint density at radius 1 is 1.31 bits per heavy atom. The average molecular weight is 439 g/mol. The molecule has 0 aromatic heterocycles. The molecule has 0 saturated carbocycles. The largest absolute Gasteiger partial charge is 0.432 e. The van der Waals surface area contributed by atoms with E-state index in [0.717, 1.165) is 5.71 Å². The van der Waals surface area contributed by atoms with Crippen molar-refractivity contribution in [3.63, 3.8) is 0 Å². The Morgan fingerprint density at radius 3 is 2.27 bits per heavy atom. The van der Waals surface area contributed by atoms with Crippen LogP contribution in [0.4, 0.5) is 0 Å². The Morgan fingerprint density at radius 2 is 1.85 bits per heavy atom. The van der Waals surface area contributed by atoms with Crippen LogP contribution in [0.2, 0.25) is 0 Å². The molecule has 145 valence electrons. The fourth-order valence-corrected chi connectivity index (χ4v) is 4.36. The molecule has 2 heterocycles. The molecule has 0 N–H and O–H groups in total. The summed E-state index contributed by atoms with van der Waals surface area (Å²) in [6, 6.07) is 0. The topological polar surface area (TPSA) is 70.7 Å². The summed E-state index contributed by atoms with van der Waals surface area (Å²) in [5, 5.41) is 14.5. The minimum Gasteiger partial charge on any atom is -0.432 e. The van der Waals surface area contributed by atoms with Gasteiger partial charge < -0.3 is 24.9 Å². The van der Waals surface area contributed by atoms with E-state index in [2.05, 4.69) is 19.0 Å². The van der Waals surface area contributed by atoms with Crippen LogP contribution < -0.4 is 0 Å². The number of hydrogen-bond donors (Lipinski definition) is 0. The van der Waals surface area contributed by atoms with Crippen LogP contribution >= 0.6 is 0 Å². The zero-order chi connectivity index (χ0) is 19.4. The standard InChI is InChI=1S/C18H32N5O2.Y/c1-12-10-13(25-20-12)17(4,5)23-14(24)18(6,11-16(23,2)3)22(9)15(19)21(7)8;/h13H,10-11H2,1-9H3;/q-1;. The summed E-state index contributed by atoms with van der Waals surface area (Å²) in [6.07, 6.45) is 1.15. The molecule has 0 aromatic rings. The first kappa shape index (κ1) is 23.4. The van der Waals surface area contributed by atoms with Gasteiger partial charge in [0, 0.05) is 50.6 Å². The number of likely N-dealkylation sites (tertiary alicyclic amines) is 1. The van der Waals surface area contributed by atoms with Gasteiger partial charge >= 0.3 is 0 Å². The predicted octanol–water partition coefficient (Wildman–Crippen LogP) is 2.12. The number of rotatable bonds is 3. The molecule has 2 aliphatic rings. The molecule has 0 spiro atoms. The molecule has 1 radical (unpaired) electrons. The molecule has 0 aliphatic carbocycles. The van der Waals surface area contributed by atoms with Gasteiger partial charge in [0.2, 0.25) is 5.91 Å². The minimum absolute atomic E-state index is 0. The van der Waals surface area contributed by atoms with Gasteiger partial charge in [0.15, 0.2) is 6.10 Å². The molecule has 1 saturated heterocycles. The number of likely N-dealkylation sites (N-methyl/N-ethyl adjacent to an activating group) is 1. The number of guanidine groups is 1. The molecule has 1 fully saturated rings. The van der Waals surface area contributed by atoms with Crippen molar-refractivity contribution in [3.05, 3.63) is 5.41 Å². The van der Waals surface area contributed by atoms with Gasteiger partial charge in [-0.25, -0.2) is 0 Å². The molecule has 2 aliphatic heterocycles. The quantitative estimate of drug-likeness (QED) is 0.499. The predicted molar refractivity (Wildman–Crippen MR) is 100 cm³/mol. The van der Waals surface area contributed by atoms with Crippen LogP contribution in [0.15, 0.2) is 5.16 Å². The van der Waals surface area contributed by atoms with Gasteiger partial charge in [0.05, 0.1) is 16.8 Å². The number of carbonyl (C=O) groups excluding carboxylic acids is 1. The van der Waals surface area contributed by atoms with Gasteiger partial charge in [-0.1, -0.05) is 5.16 Å². The van der Waals surface area contributed by atoms with Gasteiger partial charge in [-0.05, 0) is 69.1 Å². The van der Waals surface area contributed by atoms with Crippen molar-refractivity contribution in [3.8, 4) is 0 Å². The number of hydrogen-bond acceptors (Lipinski definition) is 3. The zero-order valence-corrected chi connectivity index (χ0v) is 20.5. The van der Waals surface area contributed by atoms with Crippen LogP contribution in [0.5, 0.6) is 0 Å². The summed E-state index contributed by atoms with van der Waals surface area (Å²) in [4.78, 5) is 24.4. The second kappa shape index (κ2) is 7.38. The van der Waals surface area contributed by atoms with Gasteiger partial charge in [0.1, 0.15) is 0 Å². The molecule has 1 amide bonds. The summed E-state index contributed by atoms with van der Waals surface area (Å²) in [5.41, 5.74) is -0.783.